The lowest BCUT2D eigenvalue weighted by Crippen LogP contribution is -1.85. The Labute approximate surface area is 374 Å². The molecular formula is C48H63Cl5O5. The number of methoxy groups -OCH3 is 2. The predicted octanol–water partition coefficient (Wildman–Crippen LogP) is 15.2. The van der Waals surface area contributed by atoms with Gasteiger partial charge < -0.3 is 24.5 Å². The highest BCUT2D eigenvalue weighted by Crippen LogP contribution is 2.23. The molecule has 5 rings (SSSR count). The summed E-state index contributed by atoms with van der Waals surface area (Å²) in [6.07, 6.45) is 2.35. The second-order valence-electron chi connectivity index (χ2n) is 12.5. The second kappa shape index (κ2) is 37.9. The molecule has 0 saturated heterocycles. The molecule has 0 saturated carbocycles. The van der Waals surface area contributed by atoms with Crippen molar-refractivity contribution in [3.05, 3.63) is 164 Å². The molecule has 0 unspecified atom stereocenters. The van der Waals surface area contributed by atoms with Gasteiger partial charge in [0.25, 0.3) is 0 Å². The molecule has 0 aromatic heterocycles. The van der Waals surface area contributed by atoms with Crippen molar-refractivity contribution >= 4 is 69.9 Å². The first kappa shape index (κ1) is 59.0. The van der Waals surface area contributed by atoms with E-state index in [1.807, 2.05) is 86.6 Å². The van der Waals surface area contributed by atoms with E-state index < -0.39 is 0 Å². The SMILES string of the molecule is C=Cc1ccc(Cl)c(Cl)c1.CC(C)=O.CC(C)O.CC(C)O.CCOC.CCc1ccc(Cl)cc1Cl.COc1ccc(-c2ccccc2)cc1.Cc1ccc(Cl)cc1. The van der Waals surface area contributed by atoms with Crippen molar-refractivity contribution in [3.63, 3.8) is 0 Å². The number of benzene rings is 5. The van der Waals surface area contributed by atoms with Crippen molar-refractivity contribution in [1.82, 2.24) is 0 Å². The number of aliphatic hydroxyl groups is 2. The molecule has 0 radical (unpaired) electrons. The number of rotatable bonds is 5. The zero-order valence-electron chi connectivity index (χ0n) is 35.8. The zero-order chi connectivity index (χ0) is 45.1. The number of hydrogen-bond acceptors (Lipinski definition) is 5. The van der Waals surface area contributed by atoms with Crippen LogP contribution in [0.1, 0.15) is 72.1 Å². The number of ketones is 1. The second-order valence-corrected chi connectivity index (χ2v) is 14.6. The van der Waals surface area contributed by atoms with E-state index in [0.29, 0.717) is 15.1 Å². The first-order valence-electron chi connectivity index (χ1n) is 18.5. The van der Waals surface area contributed by atoms with Crippen LogP contribution in [-0.4, -0.2) is 49.0 Å². The summed E-state index contributed by atoms with van der Waals surface area (Å²) in [4.78, 5) is 9.44. The maximum absolute atomic E-state index is 9.44. The number of hydrogen-bond donors (Lipinski definition) is 2. The molecule has 0 bridgehead atoms. The molecule has 10 heteroatoms. The largest absolute Gasteiger partial charge is 0.497 e. The van der Waals surface area contributed by atoms with E-state index in [1.54, 1.807) is 66.2 Å². The van der Waals surface area contributed by atoms with E-state index in [-0.39, 0.29) is 18.0 Å². The van der Waals surface area contributed by atoms with Crippen LogP contribution in [0.2, 0.25) is 25.1 Å². The molecule has 0 atom stereocenters. The Morgan fingerprint density at radius 1 is 0.655 bits per heavy atom. The first-order chi connectivity index (χ1) is 27.3. The molecule has 0 aliphatic heterocycles. The summed E-state index contributed by atoms with van der Waals surface area (Å²) in [7, 11) is 3.36. The molecule has 320 valence electrons. The minimum Gasteiger partial charge on any atom is -0.497 e. The molecule has 58 heavy (non-hydrogen) atoms. The molecule has 0 amide bonds. The monoisotopic (exact) mass is 894 g/mol. The lowest BCUT2D eigenvalue weighted by Gasteiger charge is -2.02. The summed E-state index contributed by atoms with van der Waals surface area (Å²) in [5, 5.41) is 19.5. The number of ether oxygens (including phenoxy) is 2. The van der Waals surface area contributed by atoms with E-state index in [2.05, 4.69) is 42.5 Å². The van der Waals surface area contributed by atoms with E-state index in [1.165, 1.54) is 30.5 Å². The molecule has 0 aliphatic carbocycles. The van der Waals surface area contributed by atoms with Gasteiger partial charge in [0.1, 0.15) is 11.5 Å². The van der Waals surface area contributed by atoms with Gasteiger partial charge >= 0.3 is 0 Å². The zero-order valence-corrected chi connectivity index (χ0v) is 39.6. The van der Waals surface area contributed by atoms with Crippen LogP contribution in [0.5, 0.6) is 5.75 Å². The Hall–Kier alpha value is -3.36. The van der Waals surface area contributed by atoms with E-state index >= 15 is 0 Å². The quantitative estimate of drug-likeness (QED) is 0.184. The molecular weight excluding hydrogens is 834 g/mol. The maximum atomic E-state index is 9.44. The molecule has 0 fully saturated rings. The third-order valence-electron chi connectivity index (χ3n) is 6.07. The van der Waals surface area contributed by atoms with E-state index in [0.717, 1.165) is 39.9 Å². The van der Waals surface area contributed by atoms with Crippen molar-refractivity contribution in [2.45, 2.75) is 80.9 Å². The summed E-state index contributed by atoms with van der Waals surface area (Å²) >= 11 is 28.5. The highest BCUT2D eigenvalue weighted by Gasteiger charge is 1.98. The summed E-state index contributed by atoms with van der Waals surface area (Å²) in [6.45, 7) is 20.4. The van der Waals surface area contributed by atoms with Crippen LogP contribution < -0.4 is 4.74 Å². The van der Waals surface area contributed by atoms with Crippen LogP contribution in [0.25, 0.3) is 17.2 Å². The van der Waals surface area contributed by atoms with Gasteiger partial charge in [-0.25, -0.2) is 0 Å². The third kappa shape index (κ3) is 36.9. The molecule has 5 aromatic carbocycles. The van der Waals surface area contributed by atoms with Crippen LogP contribution in [0.15, 0.2) is 122 Å². The van der Waals surface area contributed by atoms with Crippen LogP contribution in [-0.2, 0) is 16.0 Å². The number of carbonyl (C=O) groups is 1. The average Bonchev–Trinajstić information content (AvgIpc) is 3.18. The Balaban J connectivity index is -0.000000627. The number of halogens is 5. The lowest BCUT2D eigenvalue weighted by atomic mass is 10.1. The summed E-state index contributed by atoms with van der Waals surface area (Å²) in [5.74, 6) is 1.06. The first-order valence-corrected chi connectivity index (χ1v) is 20.4. The fourth-order valence-corrected chi connectivity index (χ4v) is 4.37. The van der Waals surface area contributed by atoms with Crippen molar-refractivity contribution in [2.24, 2.45) is 0 Å². The number of aryl methyl sites for hydroxylation is 2. The normalized spacial score (nSPS) is 9.17. The van der Waals surface area contributed by atoms with Crippen LogP contribution >= 0.6 is 58.0 Å². The highest BCUT2D eigenvalue weighted by molar-refractivity contribution is 6.42. The van der Waals surface area contributed by atoms with Crippen LogP contribution in [0.3, 0.4) is 0 Å². The Kier molecular flexibility index (Phi) is 38.5. The maximum Gasteiger partial charge on any atom is 0.126 e. The van der Waals surface area contributed by atoms with Crippen molar-refractivity contribution in [3.8, 4) is 16.9 Å². The standard InChI is InChI=1S/C13H12O.C8H8Cl2.C8H6Cl2.C7H7Cl.3C3H8O.C3H6O/c1-14-13-9-7-12(8-10-13)11-5-3-2-4-6-11;1-2-6-3-4-7(9)5-8(6)10;1-2-6-3-4-7(9)8(10)5-6;1-6-2-4-7(8)5-3-6;1-3-4-2;3*1-3(2)4/h2-10H,1H3;3-5H,2H2,1H3;2-5H,1H2;2-5H,1H3;3H2,1-2H3;2*3-4H,1-2H3;1-2H3. The van der Waals surface area contributed by atoms with Gasteiger partial charge in [0.15, 0.2) is 0 Å². The summed E-state index contributed by atoms with van der Waals surface area (Å²) in [5.41, 5.74) is 5.82. The molecule has 5 nitrogen and oxygen atoms in total. The van der Waals surface area contributed by atoms with Gasteiger partial charge in [-0.05, 0) is 133 Å². The Morgan fingerprint density at radius 2 is 1.10 bits per heavy atom. The molecule has 5 aromatic rings. The molecule has 0 heterocycles. The summed E-state index contributed by atoms with van der Waals surface area (Å²) in [6, 6.07) is 37.1. The molecule has 2 N–H and O–H groups in total. The van der Waals surface area contributed by atoms with Crippen molar-refractivity contribution < 1.29 is 24.5 Å². The highest BCUT2D eigenvalue weighted by atomic mass is 35.5. The van der Waals surface area contributed by atoms with Gasteiger partial charge in [0.2, 0.25) is 0 Å². The number of carbonyl (C=O) groups excluding carboxylic acids is 1. The fraction of sp³-hybridized carbons (Fsp3) is 0.312. The van der Waals surface area contributed by atoms with Crippen molar-refractivity contribution in [2.75, 3.05) is 20.8 Å². The third-order valence-corrected chi connectivity index (χ3v) is 7.65. The van der Waals surface area contributed by atoms with Crippen LogP contribution in [0, 0.1) is 6.92 Å². The fourth-order valence-electron chi connectivity index (χ4n) is 3.40. The van der Waals surface area contributed by atoms with Crippen molar-refractivity contribution in [1.29, 1.82) is 0 Å². The smallest absolute Gasteiger partial charge is 0.126 e. The van der Waals surface area contributed by atoms with E-state index in [4.69, 9.17) is 73.0 Å². The van der Waals surface area contributed by atoms with Gasteiger partial charge in [-0.2, -0.15) is 0 Å². The van der Waals surface area contributed by atoms with Gasteiger partial charge in [0, 0.05) is 41.0 Å². The number of Topliss-reactive ketones (excluding diaryl/α,β-unsaturated/α-hetero) is 1. The molecule has 0 spiro atoms. The van der Waals surface area contributed by atoms with Gasteiger partial charge in [0.05, 0.1) is 17.2 Å². The minimum absolute atomic E-state index is 0.167. The van der Waals surface area contributed by atoms with Gasteiger partial charge in [-0.3, -0.25) is 0 Å². The van der Waals surface area contributed by atoms with E-state index in [9.17, 15) is 4.79 Å². The average molecular weight is 897 g/mol. The number of aliphatic hydroxyl groups excluding tert-OH is 2. The predicted molar refractivity (Wildman–Crippen MR) is 256 cm³/mol. The summed E-state index contributed by atoms with van der Waals surface area (Å²) < 4.78 is 9.65. The topological polar surface area (TPSA) is 76.0 Å². The molecule has 0 aliphatic rings. The van der Waals surface area contributed by atoms with Gasteiger partial charge in [-0.15, -0.1) is 0 Å². The minimum atomic E-state index is -0.167. The van der Waals surface area contributed by atoms with Crippen LogP contribution in [0.4, 0.5) is 0 Å². The Bertz CT molecular complexity index is 1710. The Morgan fingerprint density at radius 3 is 1.47 bits per heavy atom. The lowest BCUT2D eigenvalue weighted by molar-refractivity contribution is -0.115. The van der Waals surface area contributed by atoms with Gasteiger partial charge in [-0.1, -0.05) is 150 Å².